The number of carbonyl (C=O) groups excluding carboxylic acids is 2. The minimum atomic E-state index is -0.556. The van der Waals surface area contributed by atoms with Gasteiger partial charge in [0, 0.05) is 30.0 Å². The van der Waals surface area contributed by atoms with Crippen LogP contribution in [0.25, 0.3) is 10.4 Å². The summed E-state index contributed by atoms with van der Waals surface area (Å²) in [5.41, 5.74) is 1.04. The third-order valence-corrected chi connectivity index (χ3v) is 7.20. The zero-order valence-corrected chi connectivity index (χ0v) is 19.1. The zero-order chi connectivity index (χ0) is 23.5. The van der Waals surface area contributed by atoms with Crippen molar-refractivity contribution in [3.8, 4) is 10.4 Å². The average Bonchev–Trinajstić information content (AvgIpc) is 3.44. The van der Waals surface area contributed by atoms with Gasteiger partial charge in [0.15, 0.2) is 0 Å². The van der Waals surface area contributed by atoms with Crippen LogP contribution in [0, 0.1) is 22.9 Å². The first kappa shape index (κ1) is 22.9. The Hall–Kier alpha value is -3.31. The molecule has 1 fully saturated rings. The number of halogens is 1. The molecule has 1 atom stereocenters. The van der Waals surface area contributed by atoms with Crippen molar-refractivity contribution in [3.05, 3.63) is 80.7 Å². The summed E-state index contributed by atoms with van der Waals surface area (Å²) in [5, 5.41) is 14.4. The van der Waals surface area contributed by atoms with Crippen molar-refractivity contribution in [1.82, 2.24) is 15.2 Å². The lowest BCUT2D eigenvalue weighted by Gasteiger charge is -2.23. The fraction of sp³-hybridized carbons (Fsp3) is 0.227. The van der Waals surface area contributed by atoms with Crippen LogP contribution in [0.4, 0.5) is 10.1 Å². The van der Waals surface area contributed by atoms with Gasteiger partial charge in [-0.15, -0.1) is 23.1 Å². The van der Waals surface area contributed by atoms with E-state index in [2.05, 4.69) is 10.3 Å². The number of nitrogens with one attached hydrogen (secondary N) is 1. The highest BCUT2D eigenvalue weighted by molar-refractivity contribution is 7.99. The molecule has 2 aromatic carbocycles. The number of non-ortho nitro benzene ring substituents is 1. The summed E-state index contributed by atoms with van der Waals surface area (Å²) in [7, 11) is 0. The highest BCUT2D eigenvalue weighted by Gasteiger charge is 2.33. The van der Waals surface area contributed by atoms with E-state index in [1.54, 1.807) is 28.8 Å². The van der Waals surface area contributed by atoms with Gasteiger partial charge in [-0.25, -0.2) is 9.37 Å². The SMILES string of the molecule is Cc1nc(C(=O)N2CSCC2CNC(=O)c2cccc([N+](=O)[O-])c2)c(-c2ccc(F)cc2)s1. The number of thiazole rings is 1. The molecule has 0 spiro atoms. The van der Waals surface area contributed by atoms with Crippen molar-refractivity contribution in [3.63, 3.8) is 0 Å². The largest absolute Gasteiger partial charge is 0.350 e. The normalized spacial score (nSPS) is 15.5. The molecule has 4 rings (SSSR count). The smallest absolute Gasteiger partial charge is 0.275 e. The monoisotopic (exact) mass is 486 g/mol. The molecule has 11 heteroatoms. The number of amides is 2. The van der Waals surface area contributed by atoms with Gasteiger partial charge in [-0.3, -0.25) is 19.7 Å². The van der Waals surface area contributed by atoms with Gasteiger partial charge >= 0.3 is 0 Å². The molecule has 2 amide bonds. The molecule has 3 aromatic rings. The summed E-state index contributed by atoms with van der Waals surface area (Å²) >= 11 is 2.94. The van der Waals surface area contributed by atoms with Crippen LogP contribution in [0.3, 0.4) is 0 Å². The Labute approximate surface area is 197 Å². The van der Waals surface area contributed by atoms with Crippen molar-refractivity contribution in [2.75, 3.05) is 18.2 Å². The number of benzene rings is 2. The quantitative estimate of drug-likeness (QED) is 0.415. The molecule has 0 aliphatic carbocycles. The summed E-state index contributed by atoms with van der Waals surface area (Å²) in [6.45, 7) is 2.01. The van der Waals surface area contributed by atoms with Crippen molar-refractivity contribution in [1.29, 1.82) is 0 Å². The van der Waals surface area contributed by atoms with Gasteiger partial charge in [0.25, 0.3) is 17.5 Å². The maximum Gasteiger partial charge on any atom is 0.275 e. The number of nitro benzene ring substituents is 1. The molecule has 1 aromatic heterocycles. The molecular weight excluding hydrogens is 467 g/mol. The maximum absolute atomic E-state index is 13.4. The molecule has 0 bridgehead atoms. The van der Waals surface area contributed by atoms with E-state index in [4.69, 9.17) is 0 Å². The van der Waals surface area contributed by atoms with Gasteiger partial charge in [-0.2, -0.15) is 0 Å². The summed E-state index contributed by atoms with van der Waals surface area (Å²) in [6, 6.07) is 11.2. The molecular formula is C22H19FN4O4S2. The van der Waals surface area contributed by atoms with Gasteiger partial charge in [-0.05, 0) is 30.7 Å². The number of nitrogens with zero attached hydrogens (tertiary/aromatic N) is 3. The third-order valence-electron chi connectivity index (χ3n) is 5.10. The van der Waals surface area contributed by atoms with Crippen molar-refractivity contribution >= 4 is 40.6 Å². The lowest BCUT2D eigenvalue weighted by molar-refractivity contribution is -0.384. The minimum Gasteiger partial charge on any atom is -0.350 e. The Balaban J connectivity index is 1.48. The van der Waals surface area contributed by atoms with E-state index in [9.17, 15) is 24.1 Å². The first-order valence-corrected chi connectivity index (χ1v) is 12.0. The number of aromatic nitrogens is 1. The Morgan fingerprint density at radius 3 is 2.76 bits per heavy atom. The molecule has 1 aliphatic heterocycles. The van der Waals surface area contributed by atoms with E-state index in [0.29, 0.717) is 27.8 Å². The molecule has 1 N–H and O–H groups in total. The van der Waals surface area contributed by atoms with Crippen LogP contribution in [0.15, 0.2) is 48.5 Å². The zero-order valence-electron chi connectivity index (χ0n) is 17.5. The summed E-state index contributed by atoms with van der Waals surface area (Å²) in [5.74, 6) is 0.0344. The van der Waals surface area contributed by atoms with Gasteiger partial charge in [0.1, 0.15) is 11.5 Å². The van der Waals surface area contributed by atoms with Gasteiger partial charge in [0.05, 0.1) is 26.7 Å². The summed E-state index contributed by atoms with van der Waals surface area (Å²) < 4.78 is 13.3. The van der Waals surface area contributed by atoms with E-state index in [1.165, 1.54) is 47.7 Å². The number of nitro groups is 1. The molecule has 8 nitrogen and oxygen atoms in total. The molecule has 33 heavy (non-hydrogen) atoms. The van der Waals surface area contributed by atoms with Crippen LogP contribution in [0.5, 0.6) is 0 Å². The number of thioether (sulfide) groups is 1. The number of aryl methyl sites for hydroxylation is 1. The number of hydrogen-bond donors (Lipinski definition) is 1. The Bertz CT molecular complexity index is 1220. The first-order chi connectivity index (χ1) is 15.8. The van der Waals surface area contributed by atoms with Crippen LogP contribution in [0.1, 0.15) is 25.9 Å². The number of rotatable bonds is 6. The van der Waals surface area contributed by atoms with E-state index < -0.39 is 10.8 Å². The third kappa shape index (κ3) is 5.04. The van der Waals surface area contributed by atoms with Gasteiger partial charge in [0.2, 0.25) is 0 Å². The second-order valence-electron chi connectivity index (χ2n) is 7.36. The predicted octanol–water partition coefficient (Wildman–Crippen LogP) is 4.11. The molecule has 0 saturated carbocycles. The van der Waals surface area contributed by atoms with Crippen molar-refractivity contribution < 1.29 is 18.9 Å². The average molecular weight is 487 g/mol. The lowest BCUT2D eigenvalue weighted by Crippen LogP contribution is -2.44. The molecule has 2 heterocycles. The van der Waals surface area contributed by atoms with Crippen LogP contribution in [0.2, 0.25) is 0 Å². The topological polar surface area (TPSA) is 105 Å². The second-order valence-corrected chi connectivity index (χ2v) is 9.57. The summed E-state index contributed by atoms with van der Waals surface area (Å²) in [4.78, 5) is 43.0. The highest BCUT2D eigenvalue weighted by Crippen LogP contribution is 2.33. The Morgan fingerprint density at radius 2 is 2.03 bits per heavy atom. The van der Waals surface area contributed by atoms with Crippen LogP contribution in [-0.4, -0.2) is 50.8 Å². The minimum absolute atomic E-state index is 0.164. The van der Waals surface area contributed by atoms with E-state index in [0.717, 1.165) is 5.01 Å². The standard InChI is InChI=1S/C22H19FN4O4S2/c1-13-25-19(20(33-13)14-5-7-16(23)8-6-14)22(29)26-12-32-11-18(26)10-24-21(28)15-3-2-4-17(9-15)27(30)31/h2-9,18H,10-12H2,1H3,(H,24,28). The predicted molar refractivity (Wildman–Crippen MR) is 125 cm³/mol. The second kappa shape index (κ2) is 9.67. The molecule has 1 aliphatic rings. The summed E-state index contributed by atoms with van der Waals surface area (Å²) in [6.07, 6.45) is 0. The maximum atomic E-state index is 13.4. The molecule has 1 saturated heterocycles. The first-order valence-electron chi connectivity index (χ1n) is 9.98. The van der Waals surface area contributed by atoms with Crippen LogP contribution < -0.4 is 5.32 Å². The van der Waals surface area contributed by atoms with Crippen molar-refractivity contribution in [2.24, 2.45) is 0 Å². The highest BCUT2D eigenvalue weighted by atomic mass is 32.2. The fourth-order valence-electron chi connectivity index (χ4n) is 3.45. The Kier molecular flexibility index (Phi) is 6.70. The van der Waals surface area contributed by atoms with Crippen LogP contribution in [-0.2, 0) is 0 Å². The van der Waals surface area contributed by atoms with Crippen molar-refractivity contribution in [2.45, 2.75) is 13.0 Å². The number of hydrogen-bond acceptors (Lipinski definition) is 7. The Morgan fingerprint density at radius 1 is 1.27 bits per heavy atom. The number of carbonyl (C=O) groups is 2. The fourth-order valence-corrected chi connectivity index (χ4v) is 5.57. The van der Waals surface area contributed by atoms with Gasteiger partial charge in [-0.1, -0.05) is 18.2 Å². The molecule has 1 unspecified atom stereocenters. The van der Waals surface area contributed by atoms with E-state index in [-0.39, 0.29) is 35.6 Å². The van der Waals surface area contributed by atoms with Crippen LogP contribution >= 0.6 is 23.1 Å². The van der Waals surface area contributed by atoms with E-state index >= 15 is 0 Å². The van der Waals surface area contributed by atoms with Gasteiger partial charge < -0.3 is 10.2 Å². The van der Waals surface area contributed by atoms with E-state index in [1.807, 2.05) is 6.92 Å². The molecule has 0 radical (unpaired) electrons. The molecule has 170 valence electrons. The lowest BCUT2D eigenvalue weighted by atomic mass is 10.1.